The Morgan fingerprint density at radius 3 is 2.67 bits per heavy atom. The van der Waals surface area contributed by atoms with Gasteiger partial charge in [-0.1, -0.05) is 13.0 Å². The van der Waals surface area contributed by atoms with E-state index in [4.69, 9.17) is 14.7 Å². The molecule has 0 spiro atoms. The van der Waals surface area contributed by atoms with E-state index in [1.165, 1.54) is 0 Å². The van der Waals surface area contributed by atoms with Crippen molar-refractivity contribution in [3.05, 3.63) is 59.8 Å². The molecule has 4 rings (SSSR count). The van der Waals surface area contributed by atoms with Crippen molar-refractivity contribution in [2.24, 2.45) is 5.41 Å². The first kappa shape index (κ1) is 20.3. The third kappa shape index (κ3) is 3.52. The molecule has 6 nitrogen and oxygen atoms in total. The van der Waals surface area contributed by atoms with Crippen LogP contribution >= 0.6 is 0 Å². The number of aromatic nitrogens is 4. The van der Waals surface area contributed by atoms with Crippen LogP contribution in [0.5, 0.6) is 5.75 Å². The predicted molar refractivity (Wildman–Crippen MR) is 118 cm³/mol. The molecule has 2 aromatic heterocycles. The van der Waals surface area contributed by atoms with E-state index >= 15 is 0 Å². The highest BCUT2D eigenvalue weighted by Gasteiger charge is 2.34. The van der Waals surface area contributed by atoms with Gasteiger partial charge in [0, 0.05) is 29.4 Å². The van der Waals surface area contributed by atoms with E-state index in [2.05, 4.69) is 25.0 Å². The lowest BCUT2D eigenvalue weighted by Gasteiger charge is -2.30. The Bertz CT molecular complexity index is 1100. The lowest BCUT2D eigenvalue weighted by molar-refractivity contribution is 0.0542. The first-order valence-electron chi connectivity index (χ1n) is 10.2. The average Bonchev–Trinajstić information content (AvgIpc) is 3.22. The Labute approximate surface area is 177 Å². The molecule has 0 bridgehead atoms. The molecule has 0 unspecified atom stereocenters. The van der Waals surface area contributed by atoms with E-state index < -0.39 is 6.10 Å². The average molecular weight is 405 g/mol. The number of hydrogen-bond donors (Lipinski definition) is 1. The number of methoxy groups -OCH3 is 1. The standard InChI is InChI=1S/C24H28N4O2/c1-15-9-10-24(4,17(3)29)14-20-22(15)27-23(16(2)26-20)19-8-7-18(13-21(19)30-5)28-12-6-11-25-28/h6-9,11-13,17,29H,10,14H2,1-5H3/t17-,24-/m1/s1. The summed E-state index contributed by atoms with van der Waals surface area (Å²) in [5.41, 5.74) is 6.17. The van der Waals surface area contributed by atoms with Crippen LogP contribution in [-0.4, -0.2) is 38.1 Å². The number of nitrogens with zero attached hydrogens (tertiary/aromatic N) is 4. The van der Waals surface area contributed by atoms with Gasteiger partial charge in [-0.15, -0.1) is 0 Å². The Morgan fingerprint density at radius 2 is 2.00 bits per heavy atom. The third-order valence-corrected chi connectivity index (χ3v) is 6.18. The van der Waals surface area contributed by atoms with Crippen LogP contribution in [0.25, 0.3) is 22.5 Å². The van der Waals surface area contributed by atoms with Crippen LogP contribution in [0.15, 0.2) is 42.7 Å². The second-order valence-electron chi connectivity index (χ2n) is 8.39. The van der Waals surface area contributed by atoms with Crippen molar-refractivity contribution in [2.45, 2.75) is 46.6 Å². The highest BCUT2D eigenvalue weighted by molar-refractivity contribution is 5.73. The maximum absolute atomic E-state index is 10.3. The molecule has 30 heavy (non-hydrogen) atoms. The van der Waals surface area contributed by atoms with Gasteiger partial charge in [0.15, 0.2) is 0 Å². The quantitative estimate of drug-likeness (QED) is 0.698. The van der Waals surface area contributed by atoms with Gasteiger partial charge in [0.2, 0.25) is 0 Å². The number of allylic oxidation sites excluding steroid dienone is 2. The van der Waals surface area contributed by atoms with E-state index in [0.29, 0.717) is 6.42 Å². The van der Waals surface area contributed by atoms with Crippen LogP contribution in [0.3, 0.4) is 0 Å². The molecule has 0 saturated carbocycles. The minimum atomic E-state index is -0.427. The van der Waals surface area contributed by atoms with Crippen molar-refractivity contribution in [2.75, 3.05) is 7.11 Å². The molecule has 0 amide bonds. The van der Waals surface area contributed by atoms with Crippen LogP contribution in [-0.2, 0) is 6.42 Å². The summed E-state index contributed by atoms with van der Waals surface area (Å²) >= 11 is 0. The fourth-order valence-corrected chi connectivity index (χ4v) is 3.96. The number of aliphatic hydroxyl groups excluding tert-OH is 1. The van der Waals surface area contributed by atoms with Gasteiger partial charge < -0.3 is 9.84 Å². The van der Waals surface area contributed by atoms with Gasteiger partial charge in [-0.3, -0.25) is 4.98 Å². The molecule has 0 aliphatic heterocycles. The zero-order valence-electron chi connectivity index (χ0n) is 18.2. The predicted octanol–water partition coefficient (Wildman–Crippen LogP) is 4.38. The second-order valence-corrected chi connectivity index (χ2v) is 8.39. The second kappa shape index (κ2) is 7.69. The molecule has 1 aromatic carbocycles. The van der Waals surface area contributed by atoms with Gasteiger partial charge in [-0.25, -0.2) is 9.67 Å². The summed E-state index contributed by atoms with van der Waals surface area (Å²) in [7, 11) is 1.66. The lowest BCUT2D eigenvalue weighted by Crippen LogP contribution is -2.32. The maximum Gasteiger partial charge on any atom is 0.130 e. The number of ether oxygens (including phenoxy) is 1. The highest BCUT2D eigenvalue weighted by Crippen LogP contribution is 2.39. The largest absolute Gasteiger partial charge is 0.496 e. The molecule has 0 radical (unpaired) electrons. The summed E-state index contributed by atoms with van der Waals surface area (Å²) in [5.74, 6) is 0.726. The molecule has 6 heteroatoms. The minimum absolute atomic E-state index is 0.252. The Balaban J connectivity index is 1.82. The molecule has 2 atom stereocenters. The van der Waals surface area contributed by atoms with Crippen molar-refractivity contribution < 1.29 is 9.84 Å². The summed E-state index contributed by atoms with van der Waals surface area (Å²) < 4.78 is 7.49. The van der Waals surface area contributed by atoms with E-state index in [0.717, 1.165) is 51.8 Å². The summed E-state index contributed by atoms with van der Waals surface area (Å²) in [6, 6.07) is 7.86. The van der Waals surface area contributed by atoms with Gasteiger partial charge in [0.25, 0.3) is 0 Å². The molecular weight excluding hydrogens is 376 g/mol. The van der Waals surface area contributed by atoms with Crippen molar-refractivity contribution in [3.8, 4) is 22.7 Å². The third-order valence-electron chi connectivity index (χ3n) is 6.18. The number of rotatable bonds is 4. The number of aliphatic hydroxyl groups is 1. The molecule has 0 fully saturated rings. The smallest absolute Gasteiger partial charge is 0.130 e. The van der Waals surface area contributed by atoms with Gasteiger partial charge >= 0.3 is 0 Å². The molecule has 1 N–H and O–H groups in total. The van der Waals surface area contributed by atoms with Crippen LogP contribution in [0.4, 0.5) is 0 Å². The highest BCUT2D eigenvalue weighted by atomic mass is 16.5. The van der Waals surface area contributed by atoms with E-state index in [1.807, 2.05) is 44.3 Å². The van der Waals surface area contributed by atoms with Gasteiger partial charge in [-0.2, -0.15) is 5.10 Å². The fraction of sp³-hybridized carbons (Fsp3) is 0.375. The van der Waals surface area contributed by atoms with Crippen molar-refractivity contribution >= 4 is 5.57 Å². The number of fused-ring (bicyclic) bond motifs is 1. The van der Waals surface area contributed by atoms with Crippen LogP contribution in [0, 0.1) is 12.3 Å². The summed E-state index contributed by atoms with van der Waals surface area (Å²) in [4.78, 5) is 9.97. The molecule has 0 saturated heterocycles. The normalized spacial score (nSPS) is 19.6. The number of benzene rings is 1. The molecular formula is C24H28N4O2. The first-order valence-corrected chi connectivity index (χ1v) is 10.2. The summed E-state index contributed by atoms with van der Waals surface area (Å²) in [6.07, 6.45) is 6.88. The SMILES string of the molecule is COc1cc(-n2cccn2)ccc1-c1nc2c(nc1C)C[C@](C)([C@@H](C)O)CC=C2C. The van der Waals surface area contributed by atoms with Gasteiger partial charge in [0.05, 0.1) is 41.7 Å². The fourth-order valence-electron chi connectivity index (χ4n) is 3.96. The Morgan fingerprint density at radius 1 is 1.20 bits per heavy atom. The zero-order chi connectivity index (χ0) is 21.5. The van der Waals surface area contributed by atoms with Gasteiger partial charge in [0.1, 0.15) is 5.75 Å². The summed E-state index contributed by atoms with van der Waals surface area (Å²) in [6.45, 7) is 8.01. The molecule has 156 valence electrons. The van der Waals surface area contributed by atoms with Crippen LogP contribution < -0.4 is 4.74 Å². The van der Waals surface area contributed by atoms with E-state index in [1.54, 1.807) is 18.0 Å². The first-order chi connectivity index (χ1) is 14.3. The monoisotopic (exact) mass is 404 g/mol. The molecule has 1 aliphatic carbocycles. The molecule has 3 aromatic rings. The topological polar surface area (TPSA) is 73.1 Å². The van der Waals surface area contributed by atoms with Crippen molar-refractivity contribution in [1.29, 1.82) is 0 Å². The summed E-state index contributed by atoms with van der Waals surface area (Å²) in [5, 5.41) is 14.6. The van der Waals surface area contributed by atoms with E-state index in [9.17, 15) is 5.11 Å². The Hall–Kier alpha value is -2.99. The number of aryl methyl sites for hydroxylation is 1. The molecule has 1 aliphatic rings. The lowest BCUT2D eigenvalue weighted by atomic mass is 9.78. The van der Waals surface area contributed by atoms with Gasteiger partial charge in [-0.05, 0) is 57.4 Å². The molecule has 2 heterocycles. The Kier molecular flexibility index (Phi) is 5.20. The maximum atomic E-state index is 10.3. The van der Waals surface area contributed by atoms with Crippen molar-refractivity contribution in [1.82, 2.24) is 19.7 Å². The van der Waals surface area contributed by atoms with E-state index in [-0.39, 0.29) is 5.41 Å². The van der Waals surface area contributed by atoms with Crippen molar-refractivity contribution in [3.63, 3.8) is 0 Å². The zero-order valence-corrected chi connectivity index (χ0v) is 18.2. The van der Waals surface area contributed by atoms with Crippen LogP contribution in [0.2, 0.25) is 0 Å². The minimum Gasteiger partial charge on any atom is -0.496 e. The van der Waals surface area contributed by atoms with Crippen LogP contribution in [0.1, 0.15) is 44.3 Å². The number of hydrogen-bond acceptors (Lipinski definition) is 5.